The van der Waals surface area contributed by atoms with Crippen molar-refractivity contribution in [1.29, 1.82) is 5.26 Å². The molecule has 5 heteroatoms. The Balaban J connectivity index is 1.91. The van der Waals surface area contributed by atoms with Crippen molar-refractivity contribution in [1.82, 2.24) is 9.88 Å². The number of carbonyl (C=O) groups excluding carboxylic acids is 1. The van der Waals surface area contributed by atoms with Crippen LogP contribution in [0.4, 0.5) is 0 Å². The number of hydrogen-bond donors (Lipinski definition) is 0. The molecule has 0 saturated carbocycles. The molecule has 1 atom stereocenters. The summed E-state index contributed by atoms with van der Waals surface area (Å²) in [6.45, 7) is 7.50. The van der Waals surface area contributed by atoms with E-state index in [1.807, 2.05) is 4.90 Å². The lowest BCUT2D eigenvalue weighted by Crippen LogP contribution is -2.33. The number of pyridine rings is 1. The minimum Gasteiger partial charge on any atom is -0.472 e. The summed E-state index contributed by atoms with van der Waals surface area (Å²) in [6.07, 6.45) is 2.86. The number of aromatic nitrogens is 1. The van der Waals surface area contributed by atoms with Gasteiger partial charge in [-0.2, -0.15) is 5.26 Å². The van der Waals surface area contributed by atoms with Crippen LogP contribution < -0.4 is 4.74 Å². The van der Waals surface area contributed by atoms with Crippen LogP contribution in [0.1, 0.15) is 39.2 Å². The van der Waals surface area contributed by atoms with Gasteiger partial charge in [0.1, 0.15) is 6.10 Å². The third-order valence-electron chi connectivity index (χ3n) is 3.33. The number of carbonyl (C=O) groups is 1. The molecule has 0 aromatic carbocycles. The third-order valence-corrected chi connectivity index (χ3v) is 3.33. The first-order chi connectivity index (χ1) is 9.87. The molecule has 0 N–H and O–H groups in total. The molecular formula is C16H21N3O2. The second-order valence-electron chi connectivity index (χ2n) is 6.60. The lowest BCUT2D eigenvalue weighted by molar-refractivity contribution is -0.132. The van der Waals surface area contributed by atoms with Gasteiger partial charge < -0.3 is 9.64 Å². The van der Waals surface area contributed by atoms with Crippen molar-refractivity contribution in [3.63, 3.8) is 0 Å². The van der Waals surface area contributed by atoms with Gasteiger partial charge in [0.15, 0.2) is 0 Å². The van der Waals surface area contributed by atoms with Crippen molar-refractivity contribution in [3.8, 4) is 11.9 Å². The van der Waals surface area contributed by atoms with Crippen LogP contribution in [0.5, 0.6) is 5.88 Å². The normalized spacial score (nSPS) is 18.4. The largest absolute Gasteiger partial charge is 0.472 e. The maximum atomic E-state index is 12.2. The van der Waals surface area contributed by atoms with E-state index in [4.69, 9.17) is 10.00 Å². The predicted molar refractivity (Wildman–Crippen MR) is 78.6 cm³/mol. The van der Waals surface area contributed by atoms with Gasteiger partial charge in [0.2, 0.25) is 11.8 Å². The number of ether oxygens (including phenoxy) is 1. The average Bonchev–Trinajstić information content (AvgIpc) is 2.85. The van der Waals surface area contributed by atoms with Crippen molar-refractivity contribution in [2.75, 3.05) is 13.1 Å². The Bertz CT molecular complexity index is 557. The summed E-state index contributed by atoms with van der Waals surface area (Å²) in [5, 5.41) is 8.86. The van der Waals surface area contributed by atoms with Gasteiger partial charge in [-0.1, -0.05) is 20.8 Å². The molecular weight excluding hydrogens is 266 g/mol. The van der Waals surface area contributed by atoms with Crippen LogP contribution >= 0.6 is 0 Å². The van der Waals surface area contributed by atoms with Crippen LogP contribution in [0.2, 0.25) is 0 Å². The monoisotopic (exact) mass is 287 g/mol. The molecule has 1 aromatic rings. The number of rotatable bonds is 3. The number of hydrogen-bond acceptors (Lipinski definition) is 4. The maximum Gasteiger partial charge on any atom is 0.223 e. The van der Waals surface area contributed by atoms with Crippen molar-refractivity contribution in [2.24, 2.45) is 5.41 Å². The van der Waals surface area contributed by atoms with Gasteiger partial charge in [-0.25, -0.2) is 4.98 Å². The SMILES string of the molecule is CC(C)(C)CC(=O)N1CCC(Oc2cc(C#N)ccn2)C1. The second kappa shape index (κ2) is 6.13. The fraction of sp³-hybridized carbons (Fsp3) is 0.562. The molecule has 1 unspecified atom stereocenters. The van der Waals surface area contributed by atoms with Crippen molar-refractivity contribution < 1.29 is 9.53 Å². The summed E-state index contributed by atoms with van der Waals surface area (Å²) in [4.78, 5) is 18.1. The highest BCUT2D eigenvalue weighted by molar-refractivity contribution is 5.77. The molecule has 1 aliphatic rings. The average molecular weight is 287 g/mol. The molecule has 2 rings (SSSR count). The van der Waals surface area contributed by atoms with Gasteiger partial charge >= 0.3 is 0 Å². The maximum absolute atomic E-state index is 12.2. The van der Waals surface area contributed by atoms with E-state index >= 15 is 0 Å². The summed E-state index contributed by atoms with van der Waals surface area (Å²) >= 11 is 0. The molecule has 2 heterocycles. The van der Waals surface area contributed by atoms with E-state index in [9.17, 15) is 4.79 Å². The standard InChI is InChI=1S/C16H21N3O2/c1-16(2,3)9-15(20)19-7-5-13(11-19)21-14-8-12(10-17)4-6-18-14/h4,6,8,13H,5,7,9,11H2,1-3H3. The van der Waals surface area contributed by atoms with Gasteiger partial charge in [0.05, 0.1) is 18.2 Å². The van der Waals surface area contributed by atoms with Crippen molar-refractivity contribution in [3.05, 3.63) is 23.9 Å². The van der Waals surface area contributed by atoms with E-state index in [2.05, 4.69) is 31.8 Å². The Labute approximate surface area is 125 Å². The molecule has 1 amide bonds. The van der Waals surface area contributed by atoms with Crippen molar-refractivity contribution >= 4 is 5.91 Å². The summed E-state index contributed by atoms with van der Waals surface area (Å²) in [6, 6.07) is 5.32. The van der Waals surface area contributed by atoms with E-state index in [1.165, 1.54) is 0 Å². The fourth-order valence-corrected chi connectivity index (χ4v) is 2.33. The Morgan fingerprint density at radius 3 is 3.00 bits per heavy atom. The second-order valence-corrected chi connectivity index (χ2v) is 6.60. The first-order valence-corrected chi connectivity index (χ1v) is 7.18. The molecule has 0 bridgehead atoms. The van der Waals surface area contributed by atoms with E-state index in [0.717, 1.165) is 13.0 Å². The van der Waals surface area contributed by atoms with E-state index < -0.39 is 0 Å². The summed E-state index contributed by atoms with van der Waals surface area (Å²) in [5.41, 5.74) is 0.525. The van der Waals surface area contributed by atoms with Gasteiger partial charge in [0.25, 0.3) is 0 Å². The zero-order valence-corrected chi connectivity index (χ0v) is 12.8. The number of nitrogens with zero attached hydrogens (tertiary/aromatic N) is 3. The lowest BCUT2D eigenvalue weighted by Gasteiger charge is -2.23. The first kappa shape index (κ1) is 15.3. The van der Waals surface area contributed by atoms with Gasteiger partial charge in [-0.05, 0) is 11.5 Å². The minimum absolute atomic E-state index is 0.00128. The predicted octanol–water partition coefficient (Wildman–Crippen LogP) is 2.37. The van der Waals surface area contributed by atoms with Gasteiger partial charge in [-0.15, -0.1) is 0 Å². The van der Waals surface area contributed by atoms with Crippen LogP contribution in [-0.4, -0.2) is 35.0 Å². The van der Waals surface area contributed by atoms with Gasteiger partial charge in [0, 0.05) is 31.6 Å². The van der Waals surface area contributed by atoms with Crippen LogP contribution in [0, 0.1) is 16.7 Å². The molecule has 5 nitrogen and oxygen atoms in total. The van der Waals surface area contributed by atoms with Crippen LogP contribution in [-0.2, 0) is 4.79 Å². The van der Waals surface area contributed by atoms with E-state index in [0.29, 0.717) is 24.4 Å². The molecule has 1 aromatic heterocycles. The topological polar surface area (TPSA) is 66.2 Å². The molecule has 1 fully saturated rings. The highest BCUT2D eigenvalue weighted by Gasteiger charge is 2.29. The lowest BCUT2D eigenvalue weighted by atomic mass is 9.92. The molecule has 1 saturated heterocycles. The summed E-state index contributed by atoms with van der Waals surface area (Å²) in [7, 11) is 0. The molecule has 112 valence electrons. The number of amides is 1. The smallest absolute Gasteiger partial charge is 0.223 e. The quantitative estimate of drug-likeness (QED) is 0.856. The highest BCUT2D eigenvalue weighted by atomic mass is 16.5. The van der Waals surface area contributed by atoms with Crippen LogP contribution in [0.25, 0.3) is 0 Å². The molecule has 21 heavy (non-hydrogen) atoms. The Morgan fingerprint density at radius 1 is 1.57 bits per heavy atom. The Morgan fingerprint density at radius 2 is 2.33 bits per heavy atom. The minimum atomic E-state index is -0.0460. The highest BCUT2D eigenvalue weighted by Crippen LogP contribution is 2.23. The zero-order valence-electron chi connectivity index (χ0n) is 12.8. The van der Waals surface area contributed by atoms with E-state index in [-0.39, 0.29) is 17.4 Å². The van der Waals surface area contributed by atoms with E-state index in [1.54, 1.807) is 18.3 Å². The summed E-state index contributed by atoms with van der Waals surface area (Å²) < 4.78 is 5.77. The summed E-state index contributed by atoms with van der Waals surface area (Å²) in [5.74, 6) is 0.622. The van der Waals surface area contributed by atoms with Gasteiger partial charge in [-0.3, -0.25) is 4.79 Å². The van der Waals surface area contributed by atoms with Crippen LogP contribution in [0.3, 0.4) is 0 Å². The first-order valence-electron chi connectivity index (χ1n) is 7.18. The Kier molecular flexibility index (Phi) is 4.46. The van der Waals surface area contributed by atoms with Crippen LogP contribution in [0.15, 0.2) is 18.3 Å². The number of likely N-dealkylation sites (tertiary alicyclic amines) is 1. The zero-order chi connectivity index (χ0) is 15.5. The Hall–Kier alpha value is -2.09. The molecule has 1 aliphatic heterocycles. The fourth-order valence-electron chi connectivity index (χ4n) is 2.33. The van der Waals surface area contributed by atoms with Crippen molar-refractivity contribution in [2.45, 2.75) is 39.7 Å². The number of nitriles is 1. The third kappa shape index (κ3) is 4.45. The molecule has 0 spiro atoms. The molecule has 0 radical (unpaired) electrons. The molecule has 0 aliphatic carbocycles.